The molecule has 21 heavy (non-hydrogen) atoms. The Morgan fingerprint density at radius 2 is 2.29 bits per heavy atom. The molecule has 0 saturated heterocycles. The van der Waals surface area contributed by atoms with Crippen molar-refractivity contribution in [3.05, 3.63) is 22.4 Å². The monoisotopic (exact) mass is 308 g/mol. The maximum atomic E-state index is 3.64. The number of hydrogen-bond donors (Lipinski definition) is 1. The van der Waals surface area contributed by atoms with Crippen molar-refractivity contribution in [2.24, 2.45) is 11.3 Å². The Hall–Kier alpha value is -0.380. The predicted octanol–water partition coefficient (Wildman–Crippen LogP) is 4.38. The first kappa shape index (κ1) is 17.0. The second kappa shape index (κ2) is 8.30. The fourth-order valence-electron chi connectivity index (χ4n) is 3.90. The van der Waals surface area contributed by atoms with Crippen LogP contribution in [-0.2, 0) is 6.54 Å². The smallest absolute Gasteiger partial charge is 0.0328 e. The van der Waals surface area contributed by atoms with Gasteiger partial charge < -0.3 is 5.32 Å². The first-order chi connectivity index (χ1) is 10.2. The van der Waals surface area contributed by atoms with Crippen LogP contribution in [-0.4, -0.2) is 31.1 Å². The molecule has 1 aliphatic carbocycles. The minimum atomic E-state index is 0.487. The average molecular weight is 309 g/mol. The summed E-state index contributed by atoms with van der Waals surface area (Å²) in [6, 6.07) is 4.44. The highest BCUT2D eigenvalue weighted by atomic mass is 32.1. The average Bonchev–Trinajstić information content (AvgIpc) is 2.97. The van der Waals surface area contributed by atoms with Gasteiger partial charge in [-0.1, -0.05) is 39.7 Å². The maximum absolute atomic E-state index is 3.64. The zero-order valence-electron chi connectivity index (χ0n) is 14.0. The summed E-state index contributed by atoms with van der Waals surface area (Å²) in [5.41, 5.74) is 0.487. The van der Waals surface area contributed by atoms with Gasteiger partial charge >= 0.3 is 0 Å². The van der Waals surface area contributed by atoms with Crippen LogP contribution in [0.15, 0.2) is 17.5 Å². The van der Waals surface area contributed by atoms with Gasteiger partial charge in [0.05, 0.1) is 0 Å². The van der Waals surface area contributed by atoms with Crippen LogP contribution in [0.3, 0.4) is 0 Å². The van der Waals surface area contributed by atoms with E-state index in [0.29, 0.717) is 5.41 Å². The van der Waals surface area contributed by atoms with Crippen molar-refractivity contribution in [2.75, 3.05) is 26.2 Å². The van der Waals surface area contributed by atoms with Crippen molar-refractivity contribution < 1.29 is 0 Å². The molecule has 0 aliphatic heterocycles. The van der Waals surface area contributed by atoms with Gasteiger partial charge in [-0.15, -0.1) is 11.3 Å². The van der Waals surface area contributed by atoms with E-state index in [4.69, 9.17) is 0 Å². The van der Waals surface area contributed by atoms with Crippen molar-refractivity contribution in [3.63, 3.8) is 0 Å². The Bertz CT molecular complexity index is 390. The largest absolute Gasteiger partial charge is 0.316 e. The highest BCUT2D eigenvalue weighted by molar-refractivity contribution is 7.09. The number of hydrogen-bond acceptors (Lipinski definition) is 3. The Balaban J connectivity index is 2.01. The van der Waals surface area contributed by atoms with E-state index in [2.05, 4.69) is 48.5 Å². The van der Waals surface area contributed by atoms with E-state index in [0.717, 1.165) is 25.6 Å². The van der Waals surface area contributed by atoms with Gasteiger partial charge in [0.25, 0.3) is 0 Å². The molecule has 120 valence electrons. The van der Waals surface area contributed by atoms with Gasteiger partial charge in [0.15, 0.2) is 0 Å². The molecule has 0 amide bonds. The van der Waals surface area contributed by atoms with Crippen LogP contribution in [0.2, 0.25) is 0 Å². The second-order valence-corrected chi connectivity index (χ2v) is 7.90. The molecule has 2 nitrogen and oxygen atoms in total. The van der Waals surface area contributed by atoms with Gasteiger partial charge in [0.1, 0.15) is 0 Å². The van der Waals surface area contributed by atoms with E-state index in [1.807, 2.05) is 11.3 Å². The van der Waals surface area contributed by atoms with Gasteiger partial charge in [0.2, 0.25) is 0 Å². The molecule has 2 atom stereocenters. The van der Waals surface area contributed by atoms with Gasteiger partial charge in [-0.05, 0) is 48.7 Å². The first-order valence-corrected chi connectivity index (χ1v) is 9.51. The molecular weight excluding hydrogens is 276 g/mol. The summed E-state index contributed by atoms with van der Waals surface area (Å²) in [7, 11) is 0. The maximum Gasteiger partial charge on any atom is 0.0328 e. The van der Waals surface area contributed by atoms with Crippen molar-refractivity contribution in [3.8, 4) is 0 Å². The molecule has 1 N–H and O–H groups in total. The molecule has 3 heteroatoms. The summed E-state index contributed by atoms with van der Waals surface area (Å²) < 4.78 is 0. The highest BCUT2D eigenvalue weighted by Gasteiger charge is 2.35. The van der Waals surface area contributed by atoms with Crippen molar-refractivity contribution >= 4 is 11.3 Å². The highest BCUT2D eigenvalue weighted by Crippen LogP contribution is 2.40. The fourth-order valence-corrected chi connectivity index (χ4v) is 4.64. The Labute approximate surface area is 134 Å². The summed E-state index contributed by atoms with van der Waals surface area (Å²) in [6.07, 6.45) is 5.61. The van der Waals surface area contributed by atoms with Gasteiger partial charge in [-0.25, -0.2) is 0 Å². The lowest BCUT2D eigenvalue weighted by Crippen LogP contribution is -2.46. The summed E-state index contributed by atoms with van der Waals surface area (Å²) in [5, 5.41) is 5.84. The lowest BCUT2D eigenvalue weighted by Gasteiger charge is -2.43. The molecule has 1 heterocycles. The SMILES string of the molecule is CCNCC1(CN(CC)Cc2cccs2)CCCC(C)C1. The Morgan fingerprint density at radius 1 is 1.43 bits per heavy atom. The minimum absolute atomic E-state index is 0.487. The third-order valence-corrected chi connectivity index (χ3v) is 5.76. The van der Waals surface area contributed by atoms with E-state index in [1.54, 1.807) is 0 Å². The third-order valence-electron chi connectivity index (χ3n) is 4.90. The number of nitrogens with one attached hydrogen (secondary N) is 1. The molecule has 0 bridgehead atoms. The van der Waals surface area contributed by atoms with E-state index in [1.165, 1.54) is 43.6 Å². The topological polar surface area (TPSA) is 15.3 Å². The molecular formula is C18H32N2S. The zero-order chi connectivity index (χ0) is 15.1. The van der Waals surface area contributed by atoms with Crippen LogP contribution in [0, 0.1) is 11.3 Å². The van der Waals surface area contributed by atoms with E-state index in [9.17, 15) is 0 Å². The molecule has 1 aromatic heterocycles. The lowest BCUT2D eigenvalue weighted by atomic mass is 9.69. The van der Waals surface area contributed by atoms with Gasteiger partial charge in [-0.3, -0.25) is 4.90 Å². The minimum Gasteiger partial charge on any atom is -0.316 e. The second-order valence-electron chi connectivity index (χ2n) is 6.86. The lowest BCUT2D eigenvalue weighted by molar-refractivity contribution is 0.0798. The molecule has 1 saturated carbocycles. The Morgan fingerprint density at radius 3 is 2.90 bits per heavy atom. The molecule has 0 radical (unpaired) electrons. The van der Waals surface area contributed by atoms with Crippen LogP contribution < -0.4 is 5.32 Å². The van der Waals surface area contributed by atoms with Crippen LogP contribution in [0.1, 0.15) is 51.3 Å². The summed E-state index contributed by atoms with van der Waals surface area (Å²) in [6.45, 7) is 12.8. The number of thiophene rings is 1. The normalized spacial score (nSPS) is 26.4. The number of nitrogens with zero attached hydrogens (tertiary/aromatic N) is 1. The molecule has 0 aromatic carbocycles. The predicted molar refractivity (Wildman–Crippen MR) is 93.9 cm³/mol. The number of rotatable bonds is 8. The van der Waals surface area contributed by atoms with Crippen molar-refractivity contribution in [1.29, 1.82) is 0 Å². The van der Waals surface area contributed by atoms with Crippen molar-refractivity contribution in [1.82, 2.24) is 10.2 Å². The first-order valence-electron chi connectivity index (χ1n) is 8.63. The zero-order valence-corrected chi connectivity index (χ0v) is 14.8. The molecule has 1 aromatic rings. The molecule has 1 fully saturated rings. The quantitative estimate of drug-likeness (QED) is 0.767. The van der Waals surface area contributed by atoms with Crippen LogP contribution in [0.4, 0.5) is 0 Å². The third kappa shape index (κ3) is 5.08. The van der Waals surface area contributed by atoms with Crippen LogP contribution in [0.5, 0.6) is 0 Å². The van der Waals surface area contributed by atoms with Gasteiger partial charge in [0, 0.05) is 24.5 Å². The van der Waals surface area contributed by atoms with Crippen molar-refractivity contribution in [2.45, 2.75) is 53.0 Å². The summed E-state index contributed by atoms with van der Waals surface area (Å²) >= 11 is 1.89. The van der Waals surface area contributed by atoms with Crippen LogP contribution in [0.25, 0.3) is 0 Å². The Kier molecular flexibility index (Phi) is 6.72. The van der Waals surface area contributed by atoms with E-state index in [-0.39, 0.29) is 0 Å². The summed E-state index contributed by atoms with van der Waals surface area (Å²) in [4.78, 5) is 4.15. The van der Waals surface area contributed by atoms with E-state index >= 15 is 0 Å². The molecule has 1 aliphatic rings. The standard InChI is InChI=1S/C18H32N2S/c1-4-19-14-18(10-6-8-16(3)12-18)15-20(5-2)13-17-9-7-11-21-17/h7,9,11,16,19H,4-6,8,10,12-15H2,1-3H3. The fraction of sp³-hybridized carbons (Fsp3) is 0.778. The molecule has 0 spiro atoms. The molecule has 2 unspecified atom stereocenters. The summed E-state index contributed by atoms with van der Waals surface area (Å²) in [5.74, 6) is 0.887. The van der Waals surface area contributed by atoms with Gasteiger partial charge in [-0.2, -0.15) is 0 Å². The van der Waals surface area contributed by atoms with Crippen LogP contribution >= 0.6 is 11.3 Å². The van der Waals surface area contributed by atoms with E-state index < -0.39 is 0 Å². The molecule has 2 rings (SSSR count).